The molecule has 0 bridgehead atoms. The largest absolute Gasteiger partial charge is 0.461 e. The van der Waals surface area contributed by atoms with Gasteiger partial charge in [0.25, 0.3) is 10.0 Å². The molecule has 1 saturated heterocycles. The SMILES string of the molecule is CC(=O)O[C@@H]1C[C@H](c2nc(Br)c3cnc4c(c(Cl)cn4S(=O)(=O)c4ccc(C)cc4)n23)N(C(C)=O)C1. The summed E-state index contributed by atoms with van der Waals surface area (Å²) in [4.78, 5) is 34.7. The van der Waals surface area contributed by atoms with Crippen molar-refractivity contribution in [3.63, 3.8) is 0 Å². The van der Waals surface area contributed by atoms with Gasteiger partial charge in [-0.2, -0.15) is 0 Å². The lowest BCUT2D eigenvalue weighted by Gasteiger charge is -2.22. The Morgan fingerprint density at radius 3 is 2.53 bits per heavy atom. The zero-order valence-electron chi connectivity index (χ0n) is 19.5. The molecule has 1 fully saturated rings. The van der Waals surface area contributed by atoms with Gasteiger partial charge in [-0.25, -0.2) is 22.4 Å². The van der Waals surface area contributed by atoms with Crippen molar-refractivity contribution in [1.29, 1.82) is 0 Å². The molecule has 0 radical (unpaired) electrons. The monoisotopic (exact) mass is 593 g/mol. The summed E-state index contributed by atoms with van der Waals surface area (Å²) in [5, 5.41) is 0.147. The van der Waals surface area contributed by atoms with Crippen LogP contribution in [0.2, 0.25) is 5.02 Å². The minimum absolute atomic E-state index is 0.0957. The van der Waals surface area contributed by atoms with E-state index in [-0.39, 0.29) is 28.0 Å². The van der Waals surface area contributed by atoms with Crippen LogP contribution in [0, 0.1) is 6.92 Å². The first kappa shape index (κ1) is 24.7. The van der Waals surface area contributed by atoms with E-state index in [1.165, 1.54) is 38.4 Å². The second kappa shape index (κ2) is 8.86. The normalized spacial score (nSPS) is 18.3. The highest BCUT2D eigenvalue weighted by molar-refractivity contribution is 9.10. The summed E-state index contributed by atoms with van der Waals surface area (Å²) in [6.07, 6.45) is 2.64. The van der Waals surface area contributed by atoms with Gasteiger partial charge in [-0.3, -0.25) is 14.0 Å². The molecule has 3 aromatic heterocycles. The van der Waals surface area contributed by atoms with E-state index in [9.17, 15) is 18.0 Å². The van der Waals surface area contributed by atoms with Crippen molar-refractivity contribution in [2.45, 2.75) is 44.2 Å². The third kappa shape index (κ3) is 3.97. The van der Waals surface area contributed by atoms with Crippen molar-refractivity contribution < 1.29 is 22.7 Å². The Bertz CT molecular complexity index is 1650. The van der Waals surface area contributed by atoms with Gasteiger partial charge in [-0.15, -0.1) is 0 Å². The predicted octanol–water partition coefficient (Wildman–Crippen LogP) is 3.87. The molecule has 2 atom stereocenters. The zero-order chi connectivity index (χ0) is 25.9. The van der Waals surface area contributed by atoms with Crippen LogP contribution in [0.25, 0.3) is 16.7 Å². The van der Waals surface area contributed by atoms with Gasteiger partial charge in [0.05, 0.1) is 34.2 Å². The van der Waals surface area contributed by atoms with E-state index >= 15 is 0 Å². The Morgan fingerprint density at radius 1 is 1.19 bits per heavy atom. The second-order valence-electron chi connectivity index (χ2n) is 8.66. The fourth-order valence-corrected chi connectivity index (χ4v) is 6.69. The Balaban J connectivity index is 1.72. The number of carbonyl (C=O) groups excluding carboxylic acids is 2. The fraction of sp³-hybridized carbons (Fsp3) is 0.304. The van der Waals surface area contributed by atoms with E-state index in [4.69, 9.17) is 16.3 Å². The third-order valence-electron chi connectivity index (χ3n) is 6.18. The molecule has 13 heteroatoms. The van der Waals surface area contributed by atoms with Gasteiger partial charge in [-0.1, -0.05) is 29.3 Å². The van der Waals surface area contributed by atoms with Crippen LogP contribution in [-0.2, 0) is 24.3 Å². The van der Waals surface area contributed by atoms with Crippen LogP contribution in [-0.4, -0.2) is 56.2 Å². The van der Waals surface area contributed by atoms with Gasteiger partial charge in [0.1, 0.15) is 22.0 Å². The lowest BCUT2D eigenvalue weighted by molar-refractivity contribution is -0.146. The Morgan fingerprint density at radius 2 is 1.89 bits per heavy atom. The number of aromatic nitrogens is 4. The van der Waals surface area contributed by atoms with Crippen LogP contribution >= 0.6 is 27.5 Å². The van der Waals surface area contributed by atoms with Crippen molar-refractivity contribution in [1.82, 2.24) is 23.2 Å². The van der Waals surface area contributed by atoms with Gasteiger partial charge in [0, 0.05) is 26.5 Å². The number of ether oxygens (including phenoxy) is 1. The molecule has 10 nitrogen and oxygen atoms in total. The summed E-state index contributed by atoms with van der Waals surface area (Å²) in [5.41, 5.74) is 1.92. The summed E-state index contributed by atoms with van der Waals surface area (Å²) in [7, 11) is -4.00. The summed E-state index contributed by atoms with van der Waals surface area (Å²) >= 11 is 10.1. The molecule has 0 unspecified atom stereocenters. The van der Waals surface area contributed by atoms with Crippen molar-refractivity contribution in [2.75, 3.05) is 6.54 Å². The van der Waals surface area contributed by atoms with E-state index in [2.05, 4.69) is 25.9 Å². The maximum absolute atomic E-state index is 13.5. The third-order valence-corrected chi connectivity index (χ3v) is 8.70. The maximum atomic E-state index is 13.5. The molecule has 188 valence electrons. The first-order valence-corrected chi connectivity index (χ1v) is 13.6. The van der Waals surface area contributed by atoms with Crippen LogP contribution in [0.4, 0.5) is 0 Å². The van der Waals surface area contributed by atoms with Crippen molar-refractivity contribution >= 4 is 66.1 Å². The van der Waals surface area contributed by atoms with E-state index in [0.29, 0.717) is 27.9 Å². The number of hydrogen-bond acceptors (Lipinski definition) is 7. The molecule has 0 spiro atoms. The molecule has 1 aliphatic rings. The number of aryl methyl sites for hydroxylation is 1. The number of amides is 1. The quantitative estimate of drug-likeness (QED) is 0.329. The zero-order valence-corrected chi connectivity index (χ0v) is 22.6. The number of halogens is 2. The van der Waals surface area contributed by atoms with Gasteiger partial charge < -0.3 is 9.64 Å². The van der Waals surface area contributed by atoms with Crippen LogP contribution in [0.3, 0.4) is 0 Å². The Hall–Kier alpha value is -2.96. The molecule has 1 aromatic carbocycles. The van der Waals surface area contributed by atoms with Gasteiger partial charge in [0.2, 0.25) is 5.91 Å². The Kier molecular flexibility index (Phi) is 6.08. The van der Waals surface area contributed by atoms with Crippen molar-refractivity contribution in [3.8, 4) is 0 Å². The highest BCUT2D eigenvalue weighted by Gasteiger charge is 2.40. The lowest BCUT2D eigenvalue weighted by Crippen LogP contribution is -2.31. The molecule has 36 heavy (non-hydrogen) atoms. The number of imidazole rings is 1. The van der Waals surface area contributed by atoms with Crippen LogP contribution in [0.1, 0.15) is 37.7 Å². The summed E-state index contributed by atoms with van der Waals surface area (Å²) in [6.45, 7) is 4.84. The second-order valence-corrected chi connectivity index (χ2v) is 11.6. The number of likely N-dealkylation sites (tertiary alicyclic amines) is 1. The standard InChI is InChI=1S/C23H21BrClN5O5S/c1-12-4-6-16(7-5-12)36(33,34)29-11-17(25)20-23(29)26-9-19-21(24)27-22(30(19)20)18-8-15(35-14(3)32)10-28(18)13(2)31/h4-7,9,11,15,18H,8,10H2,1-3H3/t15-,18-/m1/s1. The van der Waals surface area contributed by atoms with Crippen molar-refractivity contribution in [2.24, 2.45) is 0 Å². The molecule has 0 N–H and O–H groups in total. The average Bonchev–Trinajstić information content (AvgIpc) is 3.47. The van der Waals surface area contributed by atoms with Gasteiger partial charge in [0.15, 0.2) is 5.65 Å². The van der Waals surface area contributed by atoms with E-state index in [0.717, 1.165) is 9.54 Å². The Labute approximate surface area is 220 Å². The fourth-order valence-electron chi connectivity index (χ4n) is 4.59. The van der Waals surface area contributed by atoms with Crippen molar-refractivity contribution in [3.05, 3.63) is 57.7 Å². The first-order chi connectivity index (χ1) is 17.0. The topological polar surface area (TPSA) is 116 Å². The molecule has 5 rings (SSSR count). The predicted molar refractivity (Wildman–Crippen MR) is 135 cm³/mol. The highest BCUT2D eigenvalue weighted by atomic mass is 79.9. The smallest absolute Gasteiger partial charge is 0.302 e. The molecule has 1 amide bonds. The summed E-state index contributed by atoms with van der Waals surface area (Å²) in [5.74, 6) is -0.203. The molecule has 4 aromatic rings. The molecule has 0 aliphatic carbocycles. The molecular formula is C23H21BrClN5O5S. The highest BCUT2D eigenvalue weighted by Crippen LogP contribution is 2.38. The molecular weight excluding hydrogens is 574 g/mol. The minimum atomic E-state index is -4.00. The van der Waals surface area contributed by atoms with Gasteiger partial charge in [-0.05, 0) is 35.0 Å². The number of nitrogens with zero attached hydrogens (tertiary/aromatic N) is 5. The van der Waals surface area contributed by atoms with Gasteiger partial charge >= 0.3 is 5.97 Å². The van der Waals surface area contributed by atoms with Crippen LogP contribution in [0.5, 0.6) is 0 Å². The molecule has 1 aliphatic heterocycles. The first-order valence-electron chi connectivity index (χ1n) is 11.0. The summed E-state index contributed by atoms with van der Waals surface area (Å²) in [6, 6.07) is 5.95. The number of rotatable bonds is 4. The van der Waals surface area contributed by atoms with E-state index in [1.807, 2.05) is 6.92 Å². The number of fused-ring (bicyclic) bond motifs is 3. The number of hydrogen-bond donors (Lipinski definition) is 0. The average molecular weight is 595 g/mol. The van der Waals surface area contributed by atoms with E-state index < -0.39 is 28.1 Å². The number of carbonyl (C=O) groups is 2. The molecule has 0 saturated carbocycles. The summed E-state index contributed by atoms with van der Waals surface area (Å²) < 4.78 is 35.5. The lowest BCUT2D eigenvalue weighted by atomic mass is 10.2. The number of esters is 1. The van der Waals surface area contributed by atoms with Crippen LogP contribution in [0.15, 0.2) is 46.2 Å². The minimum Gasteiger partial charge on any atom is -0.461 e. The van der Waals surface area contributed by atoms with Crippen LogP contribution < -0.4 is 0 Å². The van der Waals surface area contributed by atoms with E-state index in [1.54, 1.807) is 21.4 Å². The maximum Gasteiger partial charge on any atom is 0.302 e. The number of benzene rings is 1. The molecule has 4 heterocycles.